The van der Waals surface area contributed by atoms with Crippen LogP contribution in [0, 0.1) is 0 Å². The monoisotopic (exact) mass is 250 g/mol. The average molecular weight is 250 g/mol. The molecular weight excluding hydrogens is 236 g/mol. The molecule has 1 spiro atoms. The molecule has 1 heterocycles. The maximum Gasteiger partial charge on any atom is 0.198 e. The zero-order chi connectivity index (χ0) is 12.9. The van der Waals surface area contributed by atoms with E-state index in [2.05, 4.69) is 0 Å². The van der Waals surface area contributed by atoms with Gasteiger partial charge in [-0.15, -0.1) is 0 Å². The van der Waals surface area contributed by atoms with E-state index in [-0.39, 0.29) is 11.9 Å². The van der Waals surface area contributed by atoms with Crippen molar-refractivity contribution in [2.24, 2.45) is 0 Å². The Kier molecular flexibility index (Phi) is 2.18. The largest absolute Gasteiger partial charge is 0.352 e. The molecule has 1 fully saturated rings. The summed E-state index contributed by atoms with van der Waals surface area (Å²) in [4.78, 5) is 12.7. The standard InChI is InChI=1S/C17H14O2/c18-15-14-9-5-4-6-12(14)10-11-17(15)16(19-17)13-7-2-1-3-8-13/h1-9,16H,10-11H2/t16?,17-/m1/s1. The Morgan fingerprint density at radius 3 is 2.58 bits per heavy atom. The lowest BCUT2D eigenvalue weighted by Gasteiger charge is -2.20. The minimum Gasteiger partial charge on any atom is -0.352 e. The molecule has 2 atom stereocenters. The Morgan fingerprint density at radius 1 is 1.00 bits per heavy atom. The molecule has 4 rings (SSSR count). The first-order valence-electron chi connectivity index (χ1n) is 6.67. The molecule has 0 bridgehead atoms. The summed E-state index contributed by atoms with van der Waals surface area (Å²) >= 11 is 0. The van der Waals surface area contributed by atoms with Crippen LogP contribution in [0.4, 0.5) is 0 Å². The molecule has 1 aliphatic heterocycles. The van der Waals surface area contributed by atoms with Crippen LogP contribution in [0.1, 0.15) is 34.0 Å². The van der Waals surface area contributed by atoms with E-state index in [1.165, 1.54) is 0 Å². The SMILES string of the molecule is O=C1c2ccccc2CC[C@@]12OC2c1ccccc1. The molecule has 2 aliphatic rings. The molecule has 94 valence electrons. The van der Waals surface area contributed by atoms with Gasteiger partial charge in [0, 0.05) is 5.56 Å². The first kappa shape index (κ1) is 10.9. The highest BCUT2D eigenvalue weighted by atomic mass is 16.6. The van der Waals surface area contributed by atoms with Gasteiger partial charge < -0.3 is 4.74 Å². The van der Waals surface area contributed by atoms with Crippen LogP contribution in [0.5, 0.6) is 0 Å². The van der Waals surface area contributed by atoms with Gasteiger partial charge in [-0.05, 0) is 24.0 Å². The number of rotatable bonds is 1. The maximum absolute atomic E-state index is 12.7. The van der Waals surface area contributed by atoms with E-state index in [9.17, 15) is 4.79 Å². The quantitative estimate of drug-likeness (QED) is 0.727. The molecule has 2 aromatic carbocycles. The van der Waals surface area contributed by atoms with Crippen LogP contribution in [0.15, 0.2) is 54.6 Å². The van der Waals surface area contributed by atoms with Crippen molar-refractivity contribution < 1.29 is 9.53 Å². The normalized spacial score (nSPS) is 28.2. The molecule has 1 aliphatic carbocycles. The van der Waals surface area contributed by atoms with Crippen molar-refractivity contribution >= 4 is 5.78 Å². The Morgan fingerprint density at radius 2 is 1.74 bits per heavy atom. The fourth-order valence-electron chi connectivity index (χ4n) is 3.13. The summed E-state index contributed by atoms with van der Waals surface area (Å²) in [6.07, 6.45) is 1.66. The van der Waals surface area contributed by atoms with Gasteiger partial charge in [-0.2, -0.15) is 0 Å². The molecular formula is C17H14O2. The number of ketones is 1. The number of aryl methyl sites for hydroxylation is 1. The van der Waals surface area contributed by atoms with Gasteiger partial charge in [0.25, 0.3) is 0 Å². The molecule has 1 unspecified atom stereocenters. The van der Waals surface area contributed by atoms with Crippen molar-refractivity contribution in [1.29, 1.82) is 0 Å². The molecule has 0 amide bonds. The number of carbonyl (C=O) groups excluding carboxylic acids is 1. The number of hydrogen-bond donors (Lipinski definition) is 0. The minimum absolute atomic E-state index is 0.0606. The van der Waals surface area contributed by atoms with E-state index in [0.717, 1.165) is 29.5 Å². The number of benzene rings is 2. The van der Waals surface area contributed by atoms with Gasteiger partial charge in [-0.25, -0.2) is 0 Å². The van der Waals surface area contributed by atoms with E-state index < -0.39 is 5.60 Å². The molecule has 2 heteroatoms. The summed E-state index contributed by atoms with van der Waals surface area (Å²) in [5.41, 5.74) is 2.51. The lowest BCUT2D eigenvalue weighted by molar-refractivity contribution is 0.0850. The van der Waals surface area contributed by atoms with E-state index in [0.29, 0.717) is 0 Å². The average Bonchev–Trinajstić information content (AvgIpc) is 3.20. The highest BCUT2D eigenvalue weighted by molar-refractivity contribution is 6.07. The van der Waals surface area contributed by atoms with Crippen molar-refractivity contribution in [2.45, 2.75) is 24.5 Å². The molecule has 2 aromatic rings. The second kappa shape index (κ2) is 3.78. The van der Waals surface area contributed by atoms with Gasteiger partial charge in [-0.1, -0.05) is 54.6 Å². The predicted molar refractivity (Wildman–Crippen MR) is 72.1 cm³/mol. The van der Waals surface area contributed by atoms with Gasteiger partial charge in [-0.3, -0.25) is 4.79 Å². The highest BCUT2D eigenvalue weighted by Crippen LogP contribution is 2.56. The summed E-state index contributed by atoms with van der Waals surface area (Å²) in [5, 5.41) is 0. The van der Waals surface area contributed by atoms with Crippen LogP contribution in [0.3, 0.4) is 0 Å². The van der Waals surface area contributed by atoms with Crippen LogP contribution >= 0.6 is 0 Å². The van der Waals surface area contributed by atoms with Gasteiger partial charge in [0.15, 0.2) is 11.4 Å². The summed E-state index contributed by atoms with van der Waals surface area (Å²) in [5.74, 6) is 0.156. The molecule has 0 saturated carbocycles. The predicted octanol–water partition coefficient (Wildman–Crippen LogP) is 3.33. The fourth-order valence-corrected chi connectivity index (χ4v) is 3.13. The van der Waals surface area contributed by atoms with E-state index in [1.54, 1.807) is 0 Å². The van der Waals surface area contributed by atoms with Gasteiger partial charge in [0.2, 0.25) is 0 Å². The third kappa shape index (κ3) is 1.50. The summed E-state index contributed by atoms with van der Waals surface area (Å²) < 4.78 is 5.85. The van der Waals surface area contributed by atoms with Crippen molar-refractivity contribution in [2.75, 3.05) is 0 Å². The van der Waals surface area contributed by atoms with Gasteiger partial charge in [0.1, 0.15) is 6.10 Å². The molecule has 19 heavy (non-hydrogen) atoms. The number of hydrogen-bond acceptors (Lipinski definition) is 2. The first-order valence-corrected chi connectivity index (χ1v) is 6.67. The van der Waals surface area contributed by atoms with Gasteiger partial charge in [0.05, 0.1) is 0 Å². The van der Waals surface area contributed by atoms with Crippen molar-refractivity contribution in [1.82, 2.24) is 0 Å². The van der Waals surface area contributed by atoms with Crippen molar-refractivity contribution in [3.63, 3.8) is 0 Å². The topological polar surface area (TPSA) is 29.6 Å². The fraction of sp³-hybridized carbons (Fsp3) is 0.235. The highest BCUT2D eigenvalue weighted by Gasteiger charge is 2.63. The van der Waals surface area contributed by atoms with Crippen molar-refractivity contribution in [3.8, 4) is 0 Å². The number of Topliss-reactive ketones (excluding diaryl/α,β-unsaturated/α-hetero) is 1. The van der Waals surface area contributed by atoms with Crippen LogP contribution in [0.25, 0.3) is 0 Å². The van der Waals surface area contributed by atoms with Crippen LogP contribution in [0.2, 0.25) is 0 Å². The summed E-state index contributed by atoms with van der Waals surface area (Å²) in [6, 6.07) is 17.9. The second-order valence-electron chi connectivity index (χ2n) is 5.28. The second-order valence-corrected chi connectivity index (χ2v) is 5.28. The smallest absolute Gasteiger partial charge is 0.198 e. The Bertz CT molecular complexity index is 647. The van der Waals surface area contributed by atoms with Crippen molar-refractivity contribution in [3.05, 3.63) is 71.3 Å². The summed E-state index contributed by atoms with van der Waals surface area (Å²) in [7, 11) is 0. The molecule has 0 aromatic heterocycles. The van der Waals surface area contributed by atoms with E-state index >= 15 is 0 Å². The maximum atomic E-state index is 12.7. The molecule has 0 N–H and O–H groups in total. The molecule has 1 saturated heterocycles. The minimum atomic E-state index is -0.588. The van der Waals surface area contributed by atoms with Crippen LogP contribution in [-0.2, 0) is 11.2 Å². The van der Waals surface area contributed by atoms with E-state index in [4.69, 9.17) is 4.74 Å². The lowest BCUT2D eigenvalue weighted by atomic mass is 9.79. The number of carbonyl (C=O) groups is 1. The number of epoxide rings is 1. The Balaban J connectivity index is 1.71. The first-order chi connectivity index (χ1) is 9.31. The zero-order valence-electron chi connectivity index (χ0n) is 10.5. The van der Waals surface area contributed by atoms with Crippen LogP contribution in [-0.4, -0.2) is 11.4 Å². The van der Waals surface area contributed by atoms with E-state index in [1.807, 2.05) is 54.6 Å². The van der Waals surface area contributed by atoms with Crippen LogP contribution < -0.4 is 0 Å². The third-order valence-electron chi connectivity index (χ3n) is 4.21. The Hall–Kier alpha value is -1.93. The number of ether oxygens (including phenoxy) is 1. The van der Waals surface area contributed by atoms with Gasteiger partial charge >= 0.3 is 0 Å². The number of fused-ring (bicyclic) bond motifs is 1. The zero-order valence-corrected chi connectivity index (χ0v) is 10.5. The Labute approximate surface area is 112 Å². The third-order valence-corrected chi connectivity index (χ3v) is 4.21. The molecule has 0 radical (unpaired) electrons. The summed E-state index contributed by atoms with van der Waals surface area (Å²) in [6.45, 7) is 0. The lowest BCUT2D eigenvalue weighted by Crippen LogP contribution is -2.31. The molecule has 2 nitrogen and oxygen atoms in total.